The fourth-order valence-corrected chi connectivity index (χ4v) is 3.63. The fourth-order valence-electron chi connectivity index (χ4n) is 2.48. The second-order valence-electron chi connectivity index (χ2n) is 6.05. The van der Waals surface area contributed by atoms with Gasteiger partial charge in [0.25, 0.3) is 0 Å². The van der Waals surface area contributed by atoms with Gasteiger partial charge in [-0.15, -0.1) is 11.3 Å². The Labute approximate surface area is 109 Å². The van der Waals surface area contributed by atoms with E-state index in [1.165, 1.54) is 35.6 Å². The van der Waals surface area contributed by atoms with Gasteiger partial charge in [-0.05, 0) is 45.1 Å². The van der Waals surface area contributed by atoms with E-state index in [-0.39, 0.29) is 0 Å². The molecule has 1 aliphatic rings. The molecule has 0 spiro atoms. The van der Waals surface area contributed by atoms with E-state index < -0.39 is 0 Å². The van der Waals surface area contributed by atoms with Crippen molar-refractivity contribution >= 4 is 11.3 Å². The highest BCUT2D eigenvalue weighted by Gasteiger charge is 2.29. The lowest BCUT2D eigenvalue weighted by molar-refractivity contribution is 0.224. The van der Waals surface area contributed by atoms with E-state index >= 15 is 0 Å². The minimum atomic E-state index is 0.432. The summed E-state index contributed by atoms with van der Waals surface area (Å²) in [6, 6.07) is 0.432. The minimum absolute atomic E-state index is 0.432. The van der Waals surface area contributed by atoms with Crippen LogP contribution in [0.2, 0.25) is 0 Å². The highest BCUT2D eigenvalue weighted by Crippen LogP contribution is 2.43. The molecule has 2 nitrogen and oxygen atoms in total. The van der Waals surface area contributed by atoms with Crippen molar-refractivity contribution in [2.24, 2.45) is 5.41 Å². The van der Waals surface area contributed by atoms with Gasteiger partial charge in [0.05, 0.1) is 5.01 Å². The molecule has 1 aromatic heterocycles. The number of nitrogens with one attached hydrogen (secondary N) is 1. The Kier molecular flexibility index (Phi) is 3.88. The Morgan fingerprint density at radius 1 is 1.41 bits per heavy atom. The average molecular weight is 252 g/mol. The summed E-state index contributed by atoms with van der Waals surface area (Å²) >= 11 is 1.90. The van der Waals surface area contributed by atoms with E-state index in [1.807, 2.05) is 18.4 Å². The molecule has 1 heterocycles. The Hall–Kier alpha value is -0.410. The summed E-state index contributed by atoms with van der Waals surface area (Å²) in [6.07, 6.45) is 7.37. The Balaban J connectivity index is 2.01. The normalized spacial score (nSPS) is 22.6. The van der Waals surface area contributed by atoms with E-state index in [2.05, 4.69) is 37.3 Å². The smallest absolute Gasteiger partial charge is 0.0959 e. The molecule has 0 radical (unpaired) electrons. The van der Waals surface area contributed by atoms with E-state index in [0.29, 0.717) is 17.4 Å². The summed E-state index contributed by atoms with van der Waals surface area (Å²) in [5.41, 5.74) is 0.550. The number of aromatic nitrogens is 1. The van der Waals surface area contributed by atoms with Gasteiger partial charge < -0.3 is 5.32 Å². The molecule has 0 aliphatic heterocycles. The predicted molar refractivity (Wildman–Crippen MR) is 74.6 cm³/mol. The summed E-state index contributed by atoms with van der Waals surface area (Å²) in [5, 5.41) is 4.64. The molecule has 2 rings (SSSR count). The Morgan fingerprint density at radius 2 is 2.06 bits per heavy atom. The van der Waals surface area contributed by atoms with Crippen LogP contribution in [0.4, 0.5) is 0 Å². The molecule has 0 saturated heterocycles. The van der Waals surface area contributed by atoms with Gasteiger partial charge in [0, 0.05) is 23.0 Å². The van der Waals surface area contributed by atoms with Crippen molar-refractivity contribution in [3.63, 3.8) is 0 Å². The van der Waals surface area contributed by atoms with Crippen LogP contribution in [0.3, 0.4) is 0 Å². The summed E-state index contributed by atoms with van der Waals surface area (Å²) in [4.78, 5) is 6.00. The number of nitrogens with zero attached hydrogens (tertiary/aromatic N) is 1. The molecule has 1 aliphatic carbocycles. The molecule has 1 N–H and O–H groups in total. The van der Waals surface area contributed by atoms with Crippen molar-refractivity contribution in [3.8, 4) is 0 Å². The lowest BCUT2D eigenvalue weighted by Gasteiger charge is -2.33. The summed E-state index contributed by atoms with van der Waals surface area (Å²) in [7, 11) is 2.01. The van der Waals surface area contributed by atoms with E-state index in [0.717, 1.165) is 0 Å². The summed E-state index contributed by atoms with van der Waals surface area (Å²) < 4.78 is 0. The van der Waals surface area contributed by atoms with Crippen molar-refractivity contribution in [2.45, 2.75) is 58.4 Å². The summed E-state index contributed by atoms with van der Waals surface area (Å²) in [6.45, 7) is 6.97. The van der Waals surface area contributed by atoms with Gasteiger partial charge in [-0.25, -0.2) is 4.98 Å². The number of hydrogen-bond acceptors (Lipinski definition) is 3. The van der Waals surface area contributed by atoms with Gasteiger partial charge in [-0.2, -0.15) is 0 Å². The summed E-state index contributed by atoms with van der Waals surface area (Å²) in [5.74, 6) is 0.714. The van der Waals surface area contributed by atoms with Crippen LogP contribution >= 0.6 is 11.3 Å². The van der Waals surface area contributed by atoms with Crippen molar-refractivity contribution in [3.05, 3.63) is 16.1 Å². The van der Waals surface area contributed by atoms with Gasteiger partial charge in [-0.1, -0.05) is 13.8 Å². The highest BCUT2D eigenvalue weighted by atomic mass is 32.1. The van der Waals surface area contributed by atoms with Crippen LogP contribution in [-0.2, 0) is 0 Å². The van der Waals surface area contributed by atoms with Crippen LogP contribution in [-0.4, -0.2) is 12.0 Å². The standard InChI is InChI=1S/C14H24N2S/c1-10(15-4)12-9-16-13(17-12)11-5-7-14(2,3)8-6-11/h9-11,15H,5-8H2,1-4H3. The monoisotopic (exact) mass is 252 g/mol. The lowest BCUT2D eigenvalue weighted by atomic mass is 9.73. The number of rotatable bonds is 3. The zero-order valence-electron chi connectivity index (χ0n) is 11.4. The zero-order chi connectivity index (χ0) is 12.5. The predicted octanol–water partition coefficient (Wildman–Crippen LogP) is 4.11. The molecule has 3 heteroatoms. The van der Waals surface area contributed by atoms with Crippen molar-refractivity contribution in [1.29, 1.82) is 0 Å². The molecule has 17 heavy (non-hydrogen) atoms. The van der Waals surface area contributed by atoms with Crippen LogP contribution in [0, 0.1) is 5.41 Å². The van der Waals surface area contributed by atoms with Crippen molar-refractivity contribution in [1.82, 2.24) is 10.3 Å². The van der Waals surface area contributed by atoms with Crippen LogP contribution in [0.1, 0.15) is 68.3 Å². The fraction of sp³-hybridized carbons (Fsp3) is 0.786. The van der Waals surface area contributed by atoms with E-state index in [9.17, 15) is 0 Å². The lowest BCUT2D eigenvalue weighted by Crippen LogP contribution is -2.20. The SMILES string of the molecule is CNC(C)c1cnc(C2CCC(C)(C)CC2)s1. The Morgan fingerprint density at radius 3 is 2.65 bits per heavy atom. The average Bonchev–Trinajstić information content (AvgIpc) is 2.77. The first-order valence-corrected chi connectivity index (χ1v) is 7.46. The number of hydrogen-bond donors (Lipinski definition) is 1. The second kappa shape index (κ2) is 5.07. The van der Waals surface area contributed by atoms with E-state index in [4.69, 9.17) is 0 Å². The maximum absolute atomic E-state index is 4.64. The third-order valence-electron chi connectivity index (χ3n) is 4.09. The molecule has 96 valence electrons. The minimum Gasteiger partial charge on any atom is -0.312 e. The van der Waals surface area contributed by atoms with Crippen LogP contribution in [0.5, 0.6) is 0 Å². The second-order valence-corrected chi connectivity index (χ2v) is 7.14. The molecule has 0 amide bonds. The van der Waals surface area contributed by atoms with Gasteiger partial charge in [-0.3, -0.25) is 0 Å². The first kappa shape index (κ1) is 13.0. The first-order chi connectivity index (χ1) is 8.02. The van der Waals surface area contributed by atoms with Gasteiger partial charge in [0.15, 0.2) is 0 Å². The van der Waals surface area contributed by atoms with Crippen molar-refractivity contribution in [2.75, 3.05) is 7.05 Å². The highest BCUT2D eigenvalue weighted by molar-refractivity contribution is 7.11. The molecule has 1 aromatic rings. The van der Waals surface area contributed by atoms with Gasteiger partial charge in [0.2, 0.25) is 0 Å². The zero-order valence-corrected chi connectivity index (χ0v) is 12.2. The molecule has 1 fully saturated rings. The van der Waals surface area contributed by atoms with Crippen molar-refractivity contribution < 1.29 is 0 Å². The number of thiazole rings is 1. The van der Waals surface area contributed by atoms with Gasteiger partial charge in [0.1, 0.15) is 0 Å². The molecule has 1 atom stereocenters. The molecule has 0 aromatic carbocycles. The molecular formula is C14H24N2S. The molecule has 1 saturated carbocycles. The molecule has 0 bridgehead atoms. The molecule has 1 unspecified atom stereocenters. The largest absolute Gasteiger partial charge is 0.312 e. The molecular weight excluding hydrogens is 228 g/mol. The quantitative estimate of drug-likeness (QED) is 0.875. The van der Waals surface area contributed by atoms with Crippen LogP contribution in [0.15, 0.2) is 6.20 Å². The maximum Gasteiger partial charge on any atom is 0.0959 e. The van der Waals surface area contributed by atoms with Crippen LogP contribution < -0.4 is 5.32 Å². The van der Waals surface area contributed by atoms with E-state index in [1.54, 1.807) is 0 Å². The maximum atomic E-state index is 4.64. The first-order valence-electron chi connectivity index (χ1n) is 6.65. The topological polar surface area (TPSA) is 24.9 Å². The Bertz CT molecular complexity index is 360. The van der Waals surface area contributed by atoms with Gasteiger partial charge >= 0.3 is 0 Å². The van der Waals surface area contributed by atoms with Crippen LogP contribution in [0.25, 0.3) is 0 Å². The third kappa shape index (κ3) is 3.08. The third-order valence-corrected chi connectivity index (χ3v) is 5.43.